The Morgan fingerprint density at radius 2 is 1.48 bits per heavy atom. The lowest BCUT2D eigenvalue weighted by atomic mass is 10.1. The number of nitrogens with zero attached hydrogens (tertiary/aromatic N) is 1. The molecule has 0 radical (unpaired) electrons. The molecule has 138 valence electrons. The van der Waals surface area contributed by atoms with Gasteiger partial charge in [0.15, 0.2) is 0 Å². The molecule has 2 aromatic carbocycles. The fourth-order valence-electron chi connectivity index (χ4n) is 2.97. The van der Waals surface area contributed by atoms with Crippen LogP contribution < -0.4 is 5.32 Å². The number of nitrogens with one attached hydrogen (secondary N) is 1. The van der Waals surface area contributed by atoms with Crippen LogP contribution in [0.4, 0.5) is 0 Å². The van der Waals surface area contributed by atoms with Gasteiger partial charge in [-0.2, -0.15) is 0 Å². The number of carboxylic acids is 1. The Balaban J connectivity index is 1.58. The van der Waals surface area contributed by atoms with Crippen molar-refractivity contribution in [3.05, 3.63) is 71.3 Å². The fraction of sp³-hybridized carbons (Fsp3) is 0.200. The highest BCUT2D eigenvalue weighted by molar-refractivity contribution is 6.21. The van der Waals surface area contributed by atoms with Crippen LogP contribution in [0.2, 0.25) is 0 Å². The summed E-state index contributed by atoms with van der Waals surface area (Å²) in [6.45, 7) is -0.101. The van der Waals surface area contributed by atoms with Gasteiger partial charge in [0, 0.05) is 19.4 Å². The first kappa shape index (κ1) is 18.3. The van der Waals surface area contributed by atoms with Crippen molar-refractivity contribution in [1.29, 1.82) is 0 Å². The van der Waals surface area contributed by atoms with Crippen LogP contribution in [0.5, 0.6) is 0 Å². The summed E-state index contributed by atoms with van der Waals surface area (Å²) in [5, 5.41) is 11.8. The standard InChI is InChI=1S/C20H18N2O5/c23-17(21-16(20(26)27)12-13-6-2-1-3-7-13)10-11-22-18(24)14-8-4-5-9-15(14)19(22)25/h1-9,16H,10-12H2,(H,21,23)(H,26,27). The van der Waals surface area contributed by atoms with E-state index in [0.717, 1.165) is 10.5 Å². The quantitative estimate of drug-likeness (QED) is 0.723. The van der Waals surface area contributed by atoms with Crippen molar-refractivity contribution in [3.8, 4) is 0 Å². The van der Waals surface area contributed by atoms with Crippen LogP contribution in [-0.4, -0.2) is 46.3 Å². The SMILES string of the molecule is O=C(CCN1C(=O)c2ccccc2C1=O)NC(Cc1ccccc1)C(=O)O. The molecule has 1 atom stereocenters. The maximum atomic E-state index is 12.3. The summed E-state index contributed by atoms with van der Waals surface area (Å²) in [4.78, 5) is 49.1. The summed E-state index contributed by atoms with van der Waals surface area (Å²) in [5.41, 5.74) is 1.41. The molecular weight excluding hydrogens is 348 g/mol. The van der Waals surface area contributed by atoms with Crippen LogP contribution in [0.15, 0.2) is 54.6 Å². The summed E-state index contributed by atoms with van der Waals surface area (Å²) in [7, 11) is 0. The van der Waals surface area contributed by atoms with E-state index in [-0.39, 0.29) is 19.4 Å². The van der Waals surface area contributed by atoms with Gasteiger partial charge in [-0.1, -0.05) is 42.5 Å². The van der Waals surface area contributed by atoms with Crippen molar-refractivity contribution in [3.63, 3.8) is 0 Å². The summed E-state index contributed by atoms with van der Waals surface area (Å²) < 4.78 is 0. The first-order valence-corrected chi connectivity index (χ1v) is 8.48. The molecule has 1 aliphatic rings. The van der Waals surface area contributed by atoms with E-state index < -0.39 is 29.7 Å². The maximum absolute atomic E-state index is 12.3. The van der Waals surface area contributed by atoms with Crippen molar-refractivity contribution < 1.29 is 24.3 Å². The van der Waals surface area contributed by atoms with Crippen LogP contribution in [-0.2, 0) is 16.0 Å². The second-order valence-corrected chi connectivity index (χ2v) is 6.21. The van der Waals surface area contributed by atoms with Gasteiger partial charge in [-0.25, -0.2) is 4.79 Å². The van der Waals surface area contributed by atoms with Crippen molar-refractivity contribution in [2.24, 2.45) is 0 Å². The Kier molecular flexibility index (Phi) is 5.30. The zero-order chi connectivity index (χ0) is 19.4. The Hall–Kier alpha value is -3.48. The van der Waals surface area contributed by atoms with Crippen molar-refractivity contribution in [2.45, 2.75) is 18.9 Å². The number of carbonyl (C=O) groups is 4. The molecule has 2 N–H and O–H groups in total. The number of imide groups is 1. The smallest absolute Gasteiger partial charge is 0.326 e. The van der Waals surface area contributed by atoms with Gasteiger partial charge >= 0.3 is 5.97 Å². The zero-order valence-electron chi connectivity index (χ0n) is 14.4. The third kappa shape index (κ3) is 4.03. The van der Waals surface area contributed by atoms with Crippen molar-refractivity contribution in [1.82, 2.24) is 10.2 Å². The third-order valence-electron chi connectivity index (χ3n) is 4.36. The topological polar surface area (TPSA) is 104 Å². The summed E-state index contributed by atoms with van der Waals surface area (Å²) >= 11 is 0. The molecule has 3 amide bonds. The number of fused-ring (bicyclic) bond motifs is 1. The minimum absolute atomic E-state index is 0.101. The molecule has 0 fully saturated rings. The number of aliphatic carboxylic acids is 1. The van der Waals surface area contributed by atoms with Crippen LogP contribution >= 0.6 is 0 Å². The van der Waals surface area contributed by atoms with E-state index in [4.69, 9.17) is 0 Å². The van der Waals surface area contributed by atoms with Gasteiger partial charge in [-0.05, 0) is 17.7 Å². The molecule has 7 heteroatoms. The molecular formula is C20H18N2O5. The molecule has 3 rings (SSSR count). The first-order valence-electron chi connectivity index (χ1n) is 8.48. The lowest BCUT2D eigenvalue weighted by Gasteiger charge is -2.17. The van der Waals surface area contributed by atoms with Crippen LogP contribution in [0, 0.1) is 0 Å². The molecule has 0 aromatic heterocycles. The van der Waals surface area contributed by atoms with Gasteiger partial charge in [-0.3, -0.25) is 19.3 Å². The highest BCUT2D eigenvalue weighted by Gasteiger charge is 2.35. The Bertz CT molecular complexity index is 859. The lowest BCUT2D eigenvalue weighted by molar-refractivity contribution is -0.141. The highest BCUT2D eigenvalue weighted by Crippen LogP contribution is 2.22. The molecule has 2 aromatic rings. The van der Waals surface area contributed by atoms with Gasteiger partial charge in [-0.15, -0.1) is 0 Å². The summed E-state index contributed by atoms with van der Waals surface area (Å²) in [6.07, 6.45) is -0.0149. The number of rotatable bonds is 7. The van der Waals surface area contributed by atoms with Gasteiger partial charge in [0.05, 0.1) is 11.1 Å². The van der Waals surface area contributed by atoms with E-state index in [2.05, 4.69) is 5.32 Å². The first-order chi connectivity index (χ1) is 13.0. The molecule has 27 heavy (non-hydrogen) atoms. The van der Waals surface area contributed by atoms with Crippen LogP contribution in [0.1, 0.15) is 32.7 Å². The lowest BCUT2D eigenvalue weighted by Crippen LogP contribution is -2.43. The molecule has 7 nitrogen and oxygen atoms in total. The molecule has 0 saturated carbocycles. The number of hydrogen-bond donors (Lipinski definition) is 2. The minimum Gasteiger partial charge on any atom is -0.480 e. The number of carbonyl (C=O) groups excluding carboxylic acids is 3. The van der Waals surface area contributed by atoms with Gasteiger partial charge in [0.25, 0.3) is 11.8 Å². The molecule has 1 heterocycles. The normalized spacial score (nSPS) is 14.0. The van der Waals surface area contributed by atoms with E-state index in [1.165, 1.54) is 0 Å². The second-order valence-electron chi connectivity index (χ2n) is 6.21. The van der Waals surface area contributed by atoms with E-state index in [1.807, 2.05) is 6.07 Å². The van der Waals surface area contributed by atoms with E-state index in [1.54, 1.807) is 48.5 Å². The molecule has 0 bridgehead atoms. The molecule has 1 unspecified atom stereocenters. The molecule has 1 aliphatic heterocycles. The maximum Gasteiger partial charge on any atom is 0.326 e. The Labute approximate surface area is 155 Å². The fourth-order valence-corrected chi connectivity index (χ4v) is 2.97. The predicted octanol–water partition coefficient (Wildman–Crippen LogP) is 1.48. The van der Waals surface area contributed by atoms with E-state index in [9.17, 15) is 24.3 Å². The zero-order valence-corrected chi connectivity index (χ0v) is 14.4. The molecule has 0 spiro atoms. The second kappa shape index (κ2) is 7.82. The monoisotopic (exact) mass is 366 g/mol. The molecule has 0 aliphatic carbocycles. The van der Waals surface area contributed by atoms with Crippen LogP contribution in [0.25, 0.3) is 0 Å². The van der Waals surface area contributed by atoms with E-state index in [0.29, 0.717) is 11.1 Å². The summed E-state index contributed by atoms with van der Waals surface area (Å²) in [6, 6.07) is 14.3. The number of amides is 3. The minimum atomic E-state index is -1.15. The van der Waals surface area contributed by atoms with Gasteiger partial charge in [0.1, 0.15) is 6.04 Å². The van der Waals surface area contributed by atoms with Crippen molar-refractivity contribution >= 4 is 23.7 Å². The average Bonchev–Trinajstić information content (AvgIpc) is 2.91. The Morgan fingerprint density at radius 3 is 2.04 bits per heavy atom. The van der Waals surface area contributed by atoms with Gasteiger partial charge < -0.3 is 10.4 Å². The van der Waals surface area contributed by atoms with Gasteiger partial charge in [0.2, 0.25) is 5.91 Å². The largest absolute Gasteiger partial charge is 0.480 e. The van der Waals surface area contributed by atoms with E-state index >= 15 is 0 Å². The highest BCUT2D eigenvalue weighted by atomic mass is 16.4. The molecule has 0 saturated heterocycles. The number of hydrogen-bond acceptors (Lipinski definition) is 4. The van der Waals surface area contributed by atoms with Crippen molar-refractivity contribution in [2.75, 3.05) is 6.54 Å². The number of benzene rings is 2. The third-order valence-corrected chi connectivity index (χ3v) is 4.36. The van der Waals surface area contributed by atoms with Crippen LogP contribution in [0.3, 0.4) is 0 Å². The number of carboxylic acid groups (broad SMARTS) is 1. The Morgan fingerprint density at radius 1 is 0.926 bits per heavy atom. The average molecular weight is 366 g/mol. The predicted molar refractivity (Wildman–Crippen MR) is 96.1 cm³/mol. The summed E-state index contributed by atoms with van der Waals surface area (Å²) in [5.74, 6) is -2.56.